The Balaban J connectivity index is 1.57. The van der Waals surface area contributed by atoms with Gasteiger partial charge in [-0.15, -0.1) is 0 Å². The van der Waals surface area contributed by atoms with Crippen molar-refractivity contribution in [2.45, 2.75) is 0 Å². The number of urea groups is 1. The van der Waals surface area contributed by atoms with Crippen LogP contribution in [-0.4, -0.2) is 37.2 Å². The molecular weight excluding hydrogens is 370 g/mol. The van der Waals surface area contributed by atoms with E-state index in [2.05, 4.69) is 10.3 Å². The minimum absolute atomic E-state index is 0.261. The van der Waals surface area contributed by atoms with Crippen LogP contribution in [0.5, 0.6) is 5.75 Å². The summed E-state index contributed by atoms with van der Waals surface area (Å²) in [6, 6.07) is 17.9. The number of benzene rings is 2. The second kappa shape index (κ2) is 8.02. The molecule has 2 aromatic carbocycles. The van der Waals surface area contributed by atoms with Crippen molar-refractivity contribution in [3.8, 4) is 16.9 Å². The van der Waals surface area contributed by atoms with Crippen LogP contribution in [0.3, 0.4) is 0 Å². The van der Waals surface area contributed by atoms with Crippen LogP contribution in [0.2, 0.25) is 0 Å². The summed E-state index contributed by atoms with van der Waals surface area (Å²) in [5.41, 5.74) is 2.89. The first-order valence-electron chi connectivity index (χ1n) is 9.11. The Morgan fingerprint density at radius 2 is 1.83 bits per heavy atom. The normalized spacial score (nSPS) is 12.5. The number of carbonyl (C=O) groups excluding carboxylic acids is 2. The highest BCUT2D eigenvalue weighted by atomic mass is 16.5. The zero-order chi connectivity index (χ0) is 20.2. The smallest absolute Gasteiger partial charge is 0.337 e. The summed E-state index contributed by atoms with van der Waals surface area (Å²) < 4.78 is 10.5. The molecule has 0 saturated carbocycles. The van der Waals surface area contributed by atoms with Crippen molar-refractivity contribution in [1.29, 1.82) is 0 Å². The number of amides is 2. The largest absolute Gasteiger partial charge is 0.488 e. The van der Waals surface area contributed by atoms with E-state index in [4.69, 9.17) is 9.47 Å². The lowest BCUT2D eigenvalue weighted by molar-refractivity contribution is 0.0600. The number of aromatic nitrogens is 1. The van der Waals surface area contributed by atoms with Gasteiger partial charge >= 0.3 is 12.0 Å². The van der Waals surface area contributed by atoms with E-state index in [-0.39, 0.29) is 12.0 Å². The van der Waals surface area contributed by atoms with Crippen LogP contribution in [0.1, 0.15) is 10.4 Å². The summed E-state index contributed by atoms with van der Waals surface area (Å²) in [6.45, 7) is 0.785. The monoisotopic (exact) mass is 389 g/mol. The van der Waals surface area contributed by atoms with Crippen LogP contribution in [0, 0.1) is 0 Å². The highest BCUT2D eigenvalue weighted by molar-refractivity contribution is 6.02. The molecule has 2 heterocycles. The molecule has 1 aliphatic heterocycles. The van der Waals surface area contributed by atoms with Crippen molar-refractivity contribution < 1.29 is 19.1 Å². The van der Waals surface area contributed by atoms with E-state index in [1.807, 2.05) is 48.5 Å². The third-order valence-electron chi connectivity index (χ3n) is 4.57. The van der Waals surface area contributed by atoms with Gasteiger partial charge in [0.2, 0.25) is 0 Å². The van der Waals surface area contributed by atoms with Gasteiger partial charge in [-0.25, -0.2) is 14.6 Å². The van der Waals surface area contributed by atoms with Crippen molar-refractivity contribution in [3.05, 3.63) is 72.4 Å². The fourth-order valence-electron chi connectivity index (χ4n) is 3.08. The van der Waals surface area contributed by atoms with Gasteiger partial charge in [-0.1, -0.05) is 30.3 Å². The molecule has 0 spiro atoms. The average molecular weight is 389 g/mol. The lowest BCUT2D eigenvalue weighted by Crippen LogP contribution is -2.41. The first-order valence-corrected chi connectivity index (χ1v) is 9.11. The Morgan fingerprint density at radius 3 is 2.55 bits per heavy atom. The van der Waals surface area contributed by atoms with Gasteiger partial charge in [0.05, 0.1) is 19.2 Å². The fraction of sp³-hybridized carbons (Fsp3) is 0.136. The molecule has 7 heteroatoms. The molecule has 0 unspecified atom stereocenters. The molecule has 0 fully saturated rings. The number of carbonyl (C=O) groups is 2. The molecule has 146 valence electrons. The molecule has 0 bridgehead atoms. The van der Waals surface area contributed by atoms with Gasteiger partial charge in [-0.3, -0.25) is 4.90 Å². The number of fused-ring (bicyclic) bond motifs is 1. The van der Waals surface area contributed by atoms with E-state index in [9.17, 15) is 9.59 Å². The zero-order valence-corrected chi connectivity index (χ0v) is 15.8. The molecule has 1 aliphatic rings. The van der Waals surface area contributed by atoms with Gasteiger partial charge < -0.3 is 14.8 Å². The van der Waals surface area contributed by atoms with E-state index in [0.29, 0.717) is 36.0 Å². The van der Waals surface area contributed by atoms with E-state index < -0.39 is 0 Å². The summed E-state index contributed by atoms with van der Waals surface area (Å²) in [5.74, 6) is 0.622. The molecule has 29 heavy (non-hydrogen) atoms. The summed E-state index contributed by atoms with van der Waals surface area (Å²) in [5, 5.41) is 2.87. The Hall–Kier alpha value is -3.87. The van der Waals surface area contributed by atoms with Crippen LogP contribution in [0.15, 0.2) is 66.9 Å². The lowest BCUT2D eigenvalue weighted by atomic mass is 10.1. The van der Waals surface area contributed by atoms with E-state index in [1.165, 1.54) is 7.11 Å². The van der Waals surface area contributed by atoms with E-state index in [0.717, 1.165) is 11.1 Å². The van der Waals surface area contributed by atoms with Gasteiger partial charge in [0.25, 0.3) is 0 Å². The van der Waals surface area contributed by atoms with Crippen LogP contribution < -0.4 is 15.0 Å². The number of nitrogens with one attached hydrogen (secondary N) is 1. The third-order valence-corrected chi connectivity index (χ3v) is 4.57. The molecule has 1 N–H and O–H groups in total. The van der Waals surface area contributed by atoms with Crippen molar-refractivity contribution >= 4 is 23.5 Å². The van der Waals surface area contributed by atoms with E-state index in [1.54, 1.807) is 23.2 Å². The van der Waals surface area contributed by atoms with Crippen molar-refractivity contribution in [1.82, 2.24) is 4.98 Å². The molecule has 7 nitrogen and oxygen atoms in total. The van der Waals surface area contributed by atoms with Crippen molar-refractivity contribution in [3.63, 3.8) is 0 Å². The van der Waals surface area contributed by atoms with Gasteiger partial charge in [0.1, 0.15) is 6.61 Å². The topological polar surface area (TPSA) is 80.8 Å². The fourth-order valence-corrected chi connectivity index (χ4v) is 3.08. The van der Waals surface area contributed by atoms with Gasteiger partial charge in [-0.2, -0.15) is 0 Å². The molecule has 0 saturated heterocycles. The summed E-state index contributed by atoms with van der Waals surface area (Å²) in [7, 11) is 1.35. The molecule has 3 aromatic rings. The maximum Gasteiger partial charge on any atom is 0.337 e. The summed E-state index contributed by atoms with van der Waals surface area (Å²) in [6.07, 6.45) is 1.68. The van der Waals surface area contributed by atoms with Crippen LogP contribution >= 0.6 is 0 Å². The highest BCUT2D eigenvalue weighted by Gasteiger charge is 2.25. The maximum absolute atomic E-state index is 12.7. The Labute approximate surface area is 167 Å². The van der Waals surface area contributed by atoms with Crippen molar-refractivity contribution in [2.75, 3.05) is 30.5 Å². The molecule has 4 rings (SSSR count). The number of rotatable bonds is 3. The first-order chi connectivity index (χ1) is 14.2. The Morgan fingerprint density at radius 1 is 1.07 bits per heavy atom. The van der Waals surface area contributed by atoms with Crippen LogP contribution in [0.25, 0.3) is 11.1 Å². The summed E-state index contributed by atoms with van der Waals surface area (Å²) >= 11 is 0. The lowest BCUT2D eigenvalue weighted by Gasteiger charge is -2.28. The van der Waals surface area contributed by atoms with Crippen LogP contribution in [0.4, 0.5) is 16.3 Å². The zero-order valence-electron chi connectivity index (χ0n) is 15.8. The minimum Gasteiger partial charge on any atom is -0.488 e. The number of pyridine rings is 1. The Bertz CT molecular complexity index is 1040. The number of esters is 1. The van der Waals surface area contributed by atoms with Crippen LogP contribution in [-0.2, 0) is 4.74 Å². The molecule has 1 aromatic heterocycles. The standard InChI is InChI=1S/C22H19N3O4/c1-28-21(26)16-9-7-15(8-10-16)17-13-19-20(23-14-17)25(11-12-29-19)22(27)24-18-5-3-2-4-6-18/h2-10,13-14H,11-12H2,1H3,(H,24,27). The maximum atomic E-state index is 12.7. The minimum atomic E-state index is -0.386. The summed E-state index contributed by atoms with van der Waals surface area (Å²) in [4.78, 5) is 30.3. The number of para-hydroxylation sites is 1. The predicted molar refractivity (Wildman–Crippen MR) is 109 cm³/mol. The molecule has 0 aliphatic carbocycles. The number of hydrogen-bond acceptors (Lipinski definition) is 5. The van der Waals surface area contributed by atoms with Crippen molar-refractivity contribution in [2.24, 2.45) is 0 Å². The number of ether oxygens (including phenoxy) is 2. The highest BCUT2D eigenvalue weighted by Crippen LogP contribution is 2.33. The number of methoxy groups -OCH3 is 1. The molecule has 2 amide bonds. The SMILES string of the molecule is COC(=O)c1ccc(-c2cnc3c(c2)OCCN3C(=O)Nc2ccccc2)cc1. The predicted octanol–water partition coefficient (Wildman–Crippen LogP) is 3.97. The Kier molecular flexibility index (Phi) is 5.11. The third kappa shape index (κ3) is 3.89. The van der Waals surface area contributed by atoms with Gasteiger partial charge in [0, 0.05) is 17.4 Å². The number of anilines is 2. The molecular formula is C22H19N3O4. The van der Waals surface area contributed by atoms with Gasteiger partial charge in [0.15, 0.2) is 11.6 Å². The van der Waals surface area contributed by atoms with Gasteiger partial charge in [-0.05, 0) is 35.9 Å². The molecule has 0 atom stereocenters. The second-order valence-corrected chi connectivity index (χ2v) is 6.41. The number of hydrogen-bond donors (Lipinski definition) is 1. The van der Waals surface area contributed by atoms with E-state index >= 15 is 0 Å². The quantitative estimate of drug-likeness (QED) is 0.686. The first kappa shape index (κ1) is 18.5. The molecule has 0 radical (unpaired) electrons. The number of nitrogens with zero attached hydrogens (tertiary/aromatic N) is 2. The second-order valence-electron chi connectivity index (χ2n) is 6.41. The average Bonchev–Trinajstić information content (AvgIpc) is 2.78.